The summed E-state index contributed by atoms with van der Waals surface area (Å²) in [5, 5.41) is 5.49. The average Bonchev–Trinajstić information content (AvgIpc) is 2.94. The molecule has 1 aliphatic heterocycles. The van der Waals surface area contributed by atoms with Crippen molar-refractivity contribution in [2.24, 2.45) is 0 Å². The van der Waals surface area contributed by atoms with Crippen LogP contribution in [0.4, 0.5) is 0 Å². The molecule has 124 valence electrons. The lowest BCUT2D eigenvalue weighted by Crippen LogP contribution is -2.50. The summed E-state index contributed by atoms with van der Waals surface area (Å²) in [6, 6.07) is 2.03. The first-order chi connectivity index (χ1) is 10.7. The monoisotopic (exact) mass is 323 g/mol. The fraction of sp³-hybridized carbons (Fsp3) is 0.706. The minimum atomic E-state index is -0.0970. The lowest BCUT2D eigenvalue weighted by atomic mass is 10.1. The molecule has 1 fully saturated rings. The van der Waals surface area contributed by atoms with Gasteiger partial charge in [-0.15, -0.1) is 11.3 Å². The maximum absolute atomic E-state index is 13.2. The fourth-order valence-electron chi connectivity index (χ4n) is 3.08. The number of amides is 1. The molecule has 22 heavy (non-hydrogen) atoms. The molecule has 2 rings (SSSR count). The Morgan fingerprint density at radius 3 is 2.45 bits per heavy atom. The van der Waals surface area contributed by atoms with Gasteiger partial charge in [-0.3, -0.25) is 9.69 Å². The first kappa shape index (κ1) is 17.4. The molecule has 1 unspecified atom stereocenters. The Hall–Kier alpha value is -0.910. The summed E-state index contributed by atoms with van der Waals surface area (Å²) in [4.78, 5) is 18.9. The molecule has 0 spiro atoms. The predicted octanol–water partition coefficient (Wildman–Crippen LogP) is 2.65. The second kappa shape index (κ2) is 8.65. The van der Waals surface area contributed by atoms with Gasteiger partial charge >= 0.3 is 0 Å². The molecule has 1 amide bonds. The summed E-state index contributed by atoms with van der Waals surface area (Å²) >= 11 is 1.72. The Bertz CT molecular complexity index is 462. The maximum atomic E-state index is 13.2. The molecule has 1 N–H and O–H groups in total. The van der Waals surface area contributed by atoms with Gasteiger partial charge in [0, 0.05) is 44.1 Å². The highest BCUT2D eigenvalue weighted by Crippen LogP contribution is 2.31. The number of nitrogens with zero attached hydrogens (tertiary/aromatic N) is 2. The molecular formula is C17H29N3OS. The second-order valence-corrected chi connectivity index (χ2v) is 6.93. The number of carbonyl (C=O) groups excluding carboxylic acids is 1. The van der Waals surface area contributed by atoms with Gasteiger partial charge in [0.15, 0.2) is 0 Å². The Morgan fingerprint density at radius 1 is 1.32 bits per heavy atom. The Kier molecular flexibility index (Phi) is 6.86. The van der Waals surface area contributed by atoms with E-state index < -0.39 is 0 Å². The molecule has 1 aliphatic rings. The molecule has 0 saturated carbocycles. The summed E-state index contributed by atoms with van der Waals surface area (Å²) in [6.45, 7) is 12.0. The van der Waals surface area contributed by atoms with Crippen molar-refractivity contribution >= 4 is 17.2 Å². The Balaban J connectivity index is 2.26. The van der Waals surface area contributed by atoms with E-state index in [-0.39, 0.29) is 11.9 Å². The zero-order valence-electron chi connectivity index (χ0n) is 14.1. The van der Waals surface area contributed by atoms with E-state index in [2.05, 4.69) is 47.3 Å². The van der Waals surface area contributed by atoms with Gasteiger partial charge in [0.25, 0.3) is 0 Å². The van der Waals surface area contributed by atoms with Gasteiger partial charge in [0.1, 0.15) is 6.04 Å². The highest BCUT2D eigenvalue weighted by Gasteiger charge is 2.33. The smallest absolute Gasteiger partial charge is 0.245 e. The molecule has 4 nitrogen and oxygen atoms in total. The zero-order valence-corrected chi connectivity index (χ0v) is 14.9. The summed E-state index contributed by atoms with van der Waals surface area (Å²) in [7, 11) is 0. The van der Waals surface area contributed by atoms with E-state index in [1.165, 1.54) is 10.4 Å². The number of carbonyl (C=O) groups is 1. The van der Waals surface area contributed by atoms with E-state index in [4.69, 9.17) is 0 Å². The molecule has 1 saturated heterocycles. The number of hydrogen-bond donors (Lipinski definition) is 1. The average molecular weight is 324 g/mol. The normalized spacial score (nSPS) is 17.4. The molecule has 0 bridgehead atoms. The van der Waals surface area contributed by atoms with Gasteiger partial charge in [-0.25, -0.2) is 0 Å². The van der Waals surface area contributed by atoms with Gasteiger partial charge in [0.2, 0.25) is 5.91 Å². The highest BCUT2D eigenvalue weighted by molar-refractivity contribution is 7.10. The number of aryl methyl sites for hydroxylation is 1. The lowest BCUT2D eigenvalue weighted by Gasteiger charge is -2.37. The van der Waals surface area contributed by atoms with Crippen LogP contribution in [0.1, 0.15) is 43.2 Å². The fourth-order valence-corrected chi connectivity index (χ4v) is 4.14. The van der Waals surface area contributed by atoms with Crippen LogP contribution in [0.15, 0.2) is 11.4 Å². The maximum Gasteiger partial charge on any atom is 0.245 e. The van der Waals surface area contributed by atoms with Gasteiger partial charge in [0.05, 0.1) is 0 Å². The standard InChI is InChI=1S/C17H29N3OS/c1-4-9-20(10-5-2)17(21)15(16-14(3)6-13-22-16)19-11-7-18-8-12-19/h6,13,15,18H,4-5,7-12H2,1-3H3. The van der Waals surface area contributed by atoms with Crippen molar-refractivity contribution in [2.75, 3.05) is 39.3 Å². The largest absolute Gasteiger partial charge is 0.341 e. The first-order valence-electron chi connectivity index (χ1n) is 8.46. The van der Waals surface area contributed by atoms with Crippen molar-refractivity contribution in [1.29, 1.82) is 0 Å². The van der Waals surface area contributed by atoms with E-state index in [1.807, 2.05) is 0 Å². The third-order valence-electron chi connectivity index (χ3n) is 4.20. The first-order valence-corrected chi connectivity index (χ1v) is 9.34. The van der Waals surface area contributed by atoms with Crippen molar-refractivity contribution in [3.8, 4) is 0 Å². The number of nitrogens with one attached hydrogen (secondary N) is 1. The van der Waals surface area contributed by atoms with Gasteiger partial charge in [-0.2, -0.15) is 0 Å². The van der Waals surface area contributed by atoms with Crippen molar-refractivity contribution in [3.05, 3.63) is 21.9 Å². The van der Waals surface area contributed by atoms with E-state index >= 15 is 0 Å². The van der Waals surface area contributed by atoms with Crippen molar-refractivity contribution in [3.63, 3.8) is 0 Å². The zero-order chi connectivity index (χ0) is 15.9. The minimum Gasteiger partial charge on any atom is -0.341 e. The van der Waals surface area contributed by atoms with E-state index in [9.17, 15) is 4.79 Å². The summed E-state index contributed by atoms with van der Waals surface area (Å²) < 4.78 is 0. The molecular weight excluding hydrogens is 294 g/mol. The van der Waals surface area contributed by atoms with E-state index in [0.717, 1.165) is 52.1 Å². The summed E-state index contributed by atoms with van der Waals surface area (Å²) in [5.41, 5.74) is 1.25. The van der Waals surface area contributed by atoms with Crippen LogP contribution >= 0.6 is 11.3 Å². The molecule has 0 radical (unpaired) electrons. The number of hydrogen-bond acceptors (Lipinski definition) is 4. The number of rotatable bonds is 7. The summed E-state index contributed by atoms with van der Waals surface area (Å²) in [5.74, 6) is 0.288. The van der Waals surface area contributed by atoms with Crippen molar-refractivity contribution < 1.29 is 4.79 Å². The molecule has 1 atom stereocenters. The second-order valence-electron chi connectivity index (χ2n) is 5.98. The van der Waals surface area contributed by atoms with E-state index in [1.54, 1.807) is 11.3 Å². The predicted molar refractivity (Wildman–Crippen MR) is 93.4 cm³/mol. The Morgan fingerprint density at radius 2 is 1.95 bits per heavy atom. The van der Waals surface area contributed by atoms with Crippen LogP contribution in [0.3, 0.4) is 0 Å². The van der Waals surface area contributed by atoms with Crippen LogP contribution in [-0.4, -0.2) is 55.0 Å². The van der Waals surface area contributed by atoms with Crippen LogP contribution in [0, 0.1) is 6.92 Å². The molecule has 1 aromatic rings. The summed E-state index contributed by atoms with van der Waals surface area (Å²) in [6.07, 6.45) is 2.03. The molecule has 0 aliphatic carbocycles. The van der Waals surface area contributed by atoms with Crippen molar-refractivity contribution in [2.45, 2.75) is 39.7 Å². The minimum absolute atomic E-state index is 0.0970. The van der Waals surface area contributed by atoms with Crippen LogP contribution in [0.5, 0.6) is 0 Å². The van der Waals surface area contributed by atoms with Gasteiger partial charge < -0.3 is 10.2 Å². The van der Waals surface area contributed by atoms with Crippen LogP contribution < -0.4 is 5.32 Å². The highest BCUT2D eigenvalue weighted by atomic mass is 32.1. The third-order valence-corrected chi connectivity index (χ3v) is 5.27. The van der Waals surface area contributed by atoms with Crippen LogP contribution in [0.25, 0.3) is 0 Å². The SMILES string of the molecule is CCCN(CCC)C(=O)C(c1sccc1C)N1CCNCC1. The molecule has 0 aromatic carbocycles. The number of thiophene rings is 1. The molecule has 5 heteroatoms. The van der Waals surface area contributed by atoms with Crippen LogP contribution in [0.2, 0.25) is 0 Å². The molecule has 2 heterocycles. The topological polar surface area (TPSA) is 35.6 Å². The van der Waals surface area contributed by atoms with Crippen LogP contribution in [-0.2, 0) is 4.79 Å². The quantitative estimate of drug-likeness (QED) is 0.838. The number of piperazine rings is 1. The van der Waals surface area contributed by atoms with Gasteiger partial charge in [-0.1, -0.05) is 13.8 Å². The lowest BCUT2D eigenvalue weighted by molar-refractivity contribution is -0.137. The van der Waals surface area contributed by atoms with Gasteiger partial charge in [-0.05, 0) is 36.8 Å². The van der Waals surface area contributed by atoms with Crippen molar-refractivity contribution in [1.82, 2.24) is 15.1 Å². The third kappa shape index (κ3) is 4.09. The Labute approximate surface area is 138 Å². The van der Waals surface area contributed by atoms with E-state index in [0.29, 0.717) is 0 Å². The molecule has 1 aromatic heterocycles.